The summed E-state index contributed by atoms with van der Waals surface area (Å²) in [6.45, 7) is 4.59. The van der Waals surface area contributed by atoms with Crippen molar-refractivity contribution >= 4 is 11.5 Å². The van der Waals surface area contributed by atoms with Crippen LogP contribution in [0.4, 0.5) is 0 Å². The molecule has 1 heterocycles. The second-order valence-electron chi connectivity index (χ2n) is 4.90. The fourth-order valence-electron chi connectivity index (χ4n) is 2.86. The van der Waals surface area contributed by atoms with Crippen LogP contribution in [0.3, 0.4) is 0 Å². The van der Waals surface area contributed by atoms with Gasteiger partial charge in [-0.05, 0) is 48.7 Å². The first-order chi connectivity index (χ1) is 6.60. The maximum Gasteiger partial charge on any atom is 0.0741 e. The van der Waals surface area contributed by atoms with Gasteiger partial charge in [0.2, 0.25) is 0 Å². The van der Waals surface area contributed by atoms with Gasteiger partial charge in [0.05, 0.1) is 11.2 Å². The van der Waals surface area contributed by atoms with Gasteiger partial charge in [-0.15, -0.1) is 0 Å². The number of rotatable bonds is 1. The smallest absolute Gasteiger partial charge is 0.0741 e. The molecule has 78 valence electrons. The highest BCUT2D eigenvalue weighted by molar-refractivity contribution is 7.03. The fourth-order valence-corrected chi connectivity index (χ4v) is 3.47. The Morgan fingerprint density at radius 1 is 1.43 bits per heavy atom. The van der Waals surface area contributed by atoms with Crippen LogP contribution in [0.2, 0.25) is 0 Å². The van der Waals surface area contributed by atoms with Crippen LogP contribution in [0.15, 0.2) is 11.4 Å². The molecule has 2 rings (SSSR count). The highest BCUT2D eigenvalue weighted by Crippen LogP contribution is 2.40. The van der Waals surface area contributed by atoms with Gasteiger partial charge < -0.3 is 5.73 Å². The third kappa shape index (κ3) is 1.84. The van der Waals surface area contributed by atoms with Crippen molar-refractivity contribution in [3.8, 4) is 0 Å². The third-order valence-corrected chi connectivity index (χ3v) is 3.74. The minimum absolute atomic E-state index is 0.156. The molecular formula is C11H18N2S. The summed E-state index contributed by atoms with van der Waals surface area (Å²) < 4.78 is 4.40. The summed E-state index contributed by atoms with van der Waals surface area (Å²) in [5, 5.41) is 2.02. The van der Waals surface area contributed by atoms with Crippen molar-refractivity contribution in [2.45, 2.75) is 38.6 Å². The predicted octanol–water partition coefficient (Wildman–Crippen LogP) is 2.75. The molecule has 2 N–H and O–H groups in total. The molecule has 0 aliphatic heterocycles. The molecule has 1 aromatic heterocycles. The number of aromatic nitrogens is 1. The van der Waals surface area contributed by atoms with Gasteiger partial charge in [0.1, 0.15) is 0 Å². The molecule has 1 aromatic rings. The van der Waals surface area contributed by atoms with Crippen LogP contribution in [0.5, 0.6) is 0 Å². The second-order valence-corrected chi connectivity index (χ2v) is 5.56. The Bertz CT molecular complexity index is 284. The van der Waals surface area contributed by atoms with Crippen molar-refractivity contribution in [3.05, 3.63) is 17.1 Å². The SMILES string of the molecule is CC1CC(C)CC(N)(c2ccsn2)C1. The van der Waals surface area contributed by atoms with Gasteiger partial charge in [-0.25, -0.2) is 0 Å². The average molecular weight is 210 g/mol. The predicted molar refractivity (Wildman–Crippen MR) is 60.2 cm³/mol. The minimum atomic E-state index is -0.156. The van der Waals surface area contributed by atoms with Crippen molar-refractivity contribution in [1.82, 2.24) is 4.37 Å². The van der Waals surface area contributed by atoms with Crippen molar-refractivity contribution in [1.29, 1.82) is 0 Å². The summed E-state index contributed by atoms with van der Waals surface area (Å²) in [5.74, 6) is 1.45. The Morgan fingerprint density at radius 2 is 2.07 bits per heavy atom. The zero-order valence-corrected chi connectivity index (χ0v) is 9.68. The lowest BCUT2D eigenvalue weighted by atomic mass is 9.71. The Balaban J connectivity index is 2.22. The zero-order chi connectivity index (χ0) is 10.2. The number of hydrogen-bond acceptors (Lipinski definition) is 3. The Morgan fingerprint density at radius 3 is 2.57 bits per heavy atom. The Labute approximate surface area is 89.7 Å². The molecule has 2 unspecified atom stereocenters. The summed E-state index contributed by atoms with van der Waals surface area (Å²) in [5.41, 5.74) is 7.39. The molecular weight excluding hydrogens is 192 g/mol. The number of hydrogen-bond donors (Lipinski definition) is 1. The van der Waals surface area contributed by atoms with E-state index in [9.17, 15) is 0 Å². The van der Waals surface area contributed by atoms with Gasteiger partial charge in [0.25, 0.3) is 0 Å². The molecule has 2 atom stereocenters. The molecule has 2 nitrogen and oxygen atoms in total. The monoisotopic (exact) mass is 210 g/mol. The maximum atomic E-state index is 6.45. The fraction of sp³-hybridized carbons (Fsp3) is 0.727. The summed E-state index contributed by atoms with van der Waals surface area (Å²) in [6.07, 6.45) is 3.48. The molecule has 1 fully saturated rings. The Kier molecular flexibility index (Phi) is 2.62. The molecule has 0 saturated heterocycles. The summed E-state index contributed by atoms with van der Waals surface area (Å²) in [6, 6.07) is 2.08. The molecule has 0 aromatic carbocycles. The van der Waals surface area contributed by atoms with Crippen LogP contribution in [-0.4, -0.2) is 4.37 Å². The van der Waals surface area contributed by atoms with Gasteiger partial charge in [0, 0.05) is 5.38 Å². The first-order valence-corrected chi connectivity index (χ1v) is 6.13. The van der Waals surface area contributed by atoms with Gasteiger partial charge in [-0.3, -0.25) is 0 Å². The van der Waals surface area contributed by atoms with Crippen molar-refractivity contribution in [2.75, 3.05) is 0 Å². The summed E-state index contributed by atoms with van der Waals surface area (Å²) in [4.78, 5) is 0. The van der Waals surface area contributed by atoms with Crippen LogP contribution in [-0.2, 0) is 5.54 Å². The molecule has 3 heteroatoms. The molecule has 1 aliphatic rings. The first kappa shape index (κ1) is 10.1. The van der Waals surface area contributed by atoms with Crippen LogP contribution in [0.1, 0.15) is 38.8 Å². The van der Waals surface area contributed by atoms with E-state index in [2.05, 4.69) is 24.3 Å². The van der Waals surface area contributed by atoms with E-state index in [1.807, 2.05) is 5.38 Å². The molecule has 1 saturated carbocycles. The van der Waals surface area contributed by atoms with Crippen molar-refractivity contribution in [2.24, 2.45) is 17.6 Å². The molecule has 14 heavy (non-hydrogen) atoms. The van der Waals surface area contributed by atoms with E-state index < -0.39 is 0 Å². The largest absolute Gasteiger partial charge is 0.320 e. The quantitative estimate of drug-likeness (QED) is 0.774. The topological polar surface area (TPSA) is 38.9 Å². The van der Waals surface area contributed by atoms with E-state index in [4.69, 9.17) is 5.73 Å². The van der Waals surface area contributed by atoms with Crippen LogP contribution < -0.4 is 5.73 Å². The lowest BCUT2D eigenvalue weighted by Gasteiger charge is -2.39. The highest BCUT2D eigenvalue weighted by atomic mass is 32.1. The molecule has 0 amide bonds. The molecule has 1 aliphatic carbocycles. The first-order valence-electron chi connectivity index (χ1n) is 5.30. The molecule has 0 spiro atoms. The van der Waals surface area contributed by atoms with Gasteiger partial charge in [-0.1, -0.05) is 13.8 Å². The van der Waals surface area contributed by atoms with E-state index in [0.717, 1.165) is 30.4 Å². The zero-order valence-electron chi connectivity index (χ0n) is 8.86. The standard InChI is InChI=1S/C11H18N2S/c1-8-5-9(2)7-11(12,6-8)10-3-4-14-13-10/h3-4,8-9H,5-7,12H2,1-2H3. The summed E-state index contributed by atoms with van der Waals surface area (Å²) >= 11 is 1.50. The lowest BCUT2D eigenvalue weighted by molar-refractivity contribution is 0.180. The van der Waals surface area contributed by atoms with Gasteiger partial charge >= 0.3 is 0 Å². The lowest BCUT2D eigenvalue weighted by Crippen LogP contribution is -2.43. The third-order valence-electron chi connectivity index (χ3n) is 3.18. The van der Waals surface area contributed by atoms with Gasteiger partial charge in [0.15, 0.2) is 0 Å². The van der Waals surface area contributed by atoms with Crippen LogP contribution in [0, 0.1) is 11.8 Å². The van der Waals surface area contributed by atoms with Gasteiger partial charge in [-0.2, -0.15) is 4.37 Å². The molecule has 0 radical (unpaired) electrons. The normalized spacial score (nSPS) is 38.5. The highest BCUT2D eigenvalue weighted by Gasteiger charge is 2.37. The van der Waals surface area contributed by atoms with E-state index in [0.29, 0.717) is 0 Å². The average Bonchev–Trinajstić information content (AvgIpc) is 2.52. The second kappa shape index (κ2) is 3.63. The number of nitrogens with zero attached hydrogens (tertiary/aromatic N) is 1. The van der Waals surface area contributed by atoms with E-state index in [-0.39, 0.29) is 5.54 Å². The Hall–Kier alpha value is -0.410. The minimum Gasteiger partial charge on any atom is -0.320 e. The van der Waals surface area contributed by atoms with Crippen LogP contribution >= 0.6 is 11.5 Å². The van der Waals surface area contributed by atoms with E-state index in [1.54, 1.807) is 0 Å². The number of nitrogens with two attached hydrogens (primary N) is 1. The van der Waals surface area contributed by atoms with Crippen LogP contribution in [0.25, 0.3) is 0 Å². The maximum absolute atomic E-state index is 6.45. The van der Waals surface area contributed by atoms with E-state index >= 15 is 0 Å². The summed E-state index contributed by atoms with van der Waals surface area (Å²) in [7, 11) is 0. The molecule has 0 bridgehead atoms. The van der Waals surface area contributed by atoms with Crippen molar-refractivity contribution in [3.63, 3.8) is 0 Å². The van der Waals surface area contributed by atoms with Crippen molar-refractivity contribution < 1.29 is 0 Å². The van der Waals surface area contributed by atoms with E-state index in [1.165, 1.54) is 18.0 Å².